The summed E-state index contributed by atoms with van der Waals surface area (Å²) in [5.41, 5.74) is 1.49. The topological polar surface area (TPSA) is 48.9 Å². The number of ether oxygens (including phenoxy) is 1. The Hall–Kier alpha value is -0.340. The lowest BCUT2D eigenvalue weighted by Crippen LogP contribution is -2.42. The molecule has 0 bridgehead atoms. The molecule has 1 heterocycles. The molecule has 24 heavy (non-hydrogen) atoms. The summed E-state index contributed by atoms with van der Waals surface area (Å²) >= 11 is 0. The summed E-state index contributed by atoms with van der Waals surface area (Å²) in [6.07, 6.45) is 6.73. The van der Waals surface area contributed by atoms with Gasteiger partial charge < -0.3 is 20.3 Å². The Labute approximate surface area is 165 Å². The molecule has 0 aromatic heterocycles. The first kappa shape index (κ1) is 23.7. The molecule has 1 rings (SSSR count). The van der Waals surface area contributed by atoms with Crippen LogP contribution in [0.5, 0.6) is 0 Å². The van der Waals surface area contributed by atoms with E-state index in [0.29, 0.717) is 6.04 Å². The number of aliphatic imine (C=N–C) groups is 1. The summed E-state index contributed by atoms with van der Waals surface area (Å²) in [5, 5.41) is 6.91. The third kappa shape index (κ3) is 10.5. The molecule has 5 nitrogen and oxygen atoms in total. The SMILES string of the molecule is CCN(CC)CCCC(C)NC(=NC)NCCC1=CCOCC1.I. The van der Waals surface area contributed by atoms with Gasteiger partial charge in [-0.2, -0.15) is 0 Å². The van der Waals surface area contributed by atoms with E-state index in [9.17, 15) is 0 Å². The van der Waals surface area contributed by atoms with Crippen molar-refractivity contribution >= 4 is 29.9 Å². The molecule has 0 saturated heterocycles. The highest BCUT2D eigenvalue weighted by molar-refractivity contribution is 14.0. The first-order chi connectivity index (χ1) is 11.2. The number of rotatable bonds is 10. The van der Waals surface area contributed by atoms with Crippen molar-refractivity contribution in [2.45, 2.75) is 52.5 Å². The monoisotopic (exact) mass is 452 g/mol. The van der Waals surface area contributed by atoms with E-state index in [0.717, 1.165) is 51.6 Å². The second-order valence-corrected chi connectivity index (χ2v) is 6.15. The fourth-order valence-electron chi connectivity index (χ4n) is 2.80. The van der Waals surface area contributed by atoms with Crippen molar-refractivity contribution < 1.29 is 4.74 Å². The van der Waals surface area contributed by atoms with E-state index in [-0.39, 0.29) is 24.0 Å². The van der Waals surface area contributed by atoms with Crippen molar-refractivity contribution in [1.29, 1.82) is 0 Å². The molecule has 6 heteroatoms. The highest BCUT2D eigenvalue weighted by Gasteiger charge is 2.07. The summed E-state index contributed by atoms with van der Waals surface area (Å²) in [7, 11) is 1.84. The number of halogens is 1. The minimum absolute atomic E-state index is 0. The first-order valence-electron chi connectivity index (χ1n) is 9.14. The minimum Gasteiger partial charge on any atom is -0.377 e. The number of hydrogen-bond acceptors (Lipinski definition) is 3. The molecule has 0 amide bonds. The van der Waals surface area contributed by atoms with Crippen LogP contribution >= 0.6 is 24.0 Å². The van der Waals surface area contributed by atoms with Crippen LogP contribution in [0.2, 0.25) is 0 Å². The van der Waals surface area contributed by atoms with Crippen LogP contribution in [0.25, 0.3) is 0 Å². The van der Waals surface area contributed by atoms with E-state index in [1.54, 1.807) is 0 Å². The van der Waals surface area contributed by atoms with E-state index in [2.05, 4.69) is 47.4 Å². The summed E-state index contributed by atoms with van der Waals surface area (Å²) < 4.78 is 5.34. The first-order valence-corrected chi connectivity index (χ1v) is 9.14. The molecule has 0 saturated carbocycles. The van der Waals surface area contributed by atoms with Gasteiger partial charge in [0.2, 0.25) is 0 Å². The van der Waals surface area contributed by atoms with Crippen LogP contribution in [-0.4, -0.2) is 63.3 Å². The molecular formula is C18H37IN4O. The average Bonchev–Trinajstić information content (AvgIpc) is 2.58. The van der Waals surface area contributed by atoms with Crippen molar-refractivity contribution in [3.8, 4) is 0 Å². The molecule has 0 spiro atoms. The largest absolute Gasteiger partial charge is 0.377 e. The highest BCUT2D eigenvalue weighted by Crippen LogP contribution is 2.10. The van der Waals surface area contributed by atoms with Gasteiger partial charge in [0.15, 0.2) is 5.96 Å². The number of nitrogens with zero attached hydrogens (tertiary/aromatic N) is 2. The molecule has 1 aliphatic rings. The van der Waals surface area contributed by atoms with Crippen molar-refractivity contribution in [2.24, 2.45) is 4.99 Å². The smallest absolute Gasteiger partial charge is 0.191 e. The second-order valence-electron chi connectivity index (χ2n) is 6.15. The Balaban J connectivity index is 0.00000529. The Bertz CT molecular complexity index is 370. The van der Waals surface area contributed by atoms with Crippen molar-refractivity contribution in [2.75, 3.05) is 46.4 Å². The lowest BCUT2D eigenvalue weighted by atomic mass is 10.1. The minimum atomic E-state index is 0. The number of hydrogen-bond donors (Lipinski definition) is 2. The van der Waals surface area contributed by atoms with Crippen LogP contribution < -0.4 is 10.6 Å². The van der Waals surface area contributed by atoms with E-state index in [1.807, 2.05) is 7.05 Å². The zero-order valence-electron chi connectivity index (χ0n) is 15.9. The van der Waals surface area contributed by atoms with Crippen LogP contribution in [-0.2, 0) is 4.74 Å². The lowest BCUT2D eigenvalue weighted by Gasteiger charge is -2.21. The number of guanidine groups is 1. The third-order valence-electron chi connectivity index (χ3n) is 4.41. The van der Waals surface area contributed by atoms with Gasteiger partial charge in [-0.1, -0.05) is 25.5 Å². The normalized spacial score (nSPS) is 16.4. The molecule has 0 aromatic rings. The van der Waals surface area contributed by atoms with Gasteiger partial charge >= 0.3 is 0 Å². The molecule has 0 radical (unpaired) electrons. The quantitative estimate of drug-likeness (QED) is 0.232. The fourth-order valence-corrected chi connectivity index (χ4v) is 2.80. The van der Waals surface area contributed by atoms with Gasteiger partial charge in [0.05, 0.1) is 13.2 Å². The second kappa shape index (κ2) is 15.0. The van der Waals surface area contributed by atoms with E-state index < -0.39 is 0 Å². The lowest BCUT2D eigenvalue weighted by molar-refractivity contribution is 0.153. The summed E-state index contributed by atoms with van der Waals surface area (Å²) in [6.45, 7) is 12.7. The van der Waals surface area contributed by atoms with Gasteiger partial charge in [0, 0.05) is 19.6 Å². The zero-order chi connectivity index (χ0) is 16.9. The molecule has 1 unspecified atom stereocenters. The van der Waals surface area contributed by atoms with Gasteiger partial charge in [-0.25, -0.2) is 0 Å². The maximum atomic E-state index is 5.34. The van der Waals surface area contributed by atoms with E-state index >= 15 is 0 Å². The Kier molecular flexibility index (Phi) is 14.7. The highest BCUT2D eigenvalue weighted by atomic mass is 127. The van der Waals surface area contributed by atoms with Crippen LogP contribution in [0.3, 0.4) is 0 Å². The maximum Gasteiger partial charge on any atom is 0.191 e. The standard InChI is InChI=1S/C18H36N4O.HI/c1-5-22(6-2)13-7-8-16(3)21-18(19-4)20-12-9-17-10-14-23-15-11-17;/h10,16H,5-9,11-15H2,1-4H3,(H2,19,20,21);1H. The van der Waals surface area contributed by atoms with Crippen LogP contribution in [0.4, 0.5) is 0 Å². The fraction of sp³-hybridized carbons (Fsp3) is 0.833. The zero-order valence-corrected chi connectivity index (χ0v) is 18.3. The number of nitrogens with one attached hydrogen (secondary N) is 2. The van der Waals surface area contributed by atoms with Crippen molar-refractivity contribution in [3.05, 3.63) is 11.6 Å². The van der Waals surface area contributed by atoms with E-state index in [1.165, 1.54) is 25.0 Å². The van der Waals surface area contributed by atoms with Gasteiger partial charge in [0.1, 0.15) is 0 Å². The van der Waals surface area contributed by atoms with Gasteiger partial charge in [-0.3, -0.25) is 4.99 Å². The Morgan fingerprint density at radius 1 is 1.38 bits per heavy atom. The predicted molar refractivity (Wildman–Crippen MR) is 115 cm³/mol. The average molecular weight is 452 g/mol. The third-order valence-corrected chi connectivity index (χ3v) is 4.41. The van der Waals surface area contributed by atoms with Crippen molar-refractivity contribution in [1.82, 2.24) is 15.5 Å². The molecule has 1 aliphatic heterocycles. The molecule has 0 aromatic carbocycles. The molecule has 0 aliphatic carbocycles. The van der Waals surface area contributed by atoms with Crippen LogP contribution in [0.1, 0.15) is 46.5 Å². The predicted octanol–water partition coefficient (Wildman–Crippen LogP) is 3.02. The molecule has 0 fully saturated rings. The summed E-state index contributed by atoms with van der Waals surface area (Å²) in [5.74, 6) is 0.910. The Morgan fingerprint density at radius 3 is 2.71 bits per heavy atom. The summed E-state index contributed by atoms with van der Waals surface area (Å²) in [6, 6.07) is 0.444. The van der Waals surface area contributed by atoms with Gasteiger partial charge in [0.25, 0.3) is 0 Å². The molecule has 2 N–H and O–H groups in total. The Morgan fingerprint density at radius 2 is 2.12 bits per heavy atom. The van der Waals surface area contributed by atoms with Gasteiger partial charge in [-0.05, 0) is 52.2 Å². The molecule has 1 atom stereocenters. The molecular weight excluding hydrogens is 415 g/mol. The summed E-state index contributed by atoms with van der Waals surface area (Å²) in [4.78, 5) is 6.80. The maximum absolute atomic E-state index is 5.34. The van der Waals surface area contributed by atoms with Crippen molar-refractivity contribution in [3.63, 3.8) is 0 Å². The molecule has 142 valence electrons. The van der Waals surface area contributed by atoms with Crippen LogP contribution in [0.15, 0.2) is 16.6 Å². The van der Waals surface area contributed by atoms with E-state index in [4.69, 9.17) is 4.74 Å². The van der Waals surface area contributed by atoms with Crippen LogP contribution in [0, 0.1) is 0 Å². The van der Waals surface area contributed by atoms with Gasteiger partial charge in [-0.15, -0.1) is 24.0 Å².